The second-order valence-electron chi connectivity index (χ2n) is 7.76. The van der Waals surface area contributed by atoms with Crippen LogP contribution in [0.5, 0.6) is 0 Å². The standard InChI is InChI=1S/C30H24/c1-3-10-23(11-4-1)25-14-7-16-27(20-25)29-18-9-19-30(22-29)28-17-8-15-26(21-28)24-12-5-2-6-13-24/h1-7,9-14,16-22H,8,15H2. The molecule has 0 aliphatic heterocycles. The number of allylic oxidation sites excluding steroid dienone is 4. The number of rotatable bonds is 4. The zero-order valence-electron chi connectivity index (χ0n) is 17.0. The van der Waals surface area contributed by atoms with E-state index in [2.05, 4.69) is 121 Å². The molecular weight excluding hydrogens is 360 g/mol. The Labute approximate surface area is 178 Å². The highest BCUT2D eigenvalue weighted by molar-refractivity contribution is 5.87. The molecule has 0 amide bonds. The van der Waals surface area contributed by atoms with Crippen molar-refractivity contribution in [2.45, 2.75) is 12.8 Å². The number of hydrogen-bond acceptors (Lipinski definition) is 0. The van der Waals surface area contributed by atoms with Crippen LogP contribution in [0.25, 0.3) is 33.4 Å². The summed E-state index contributed by atoms with van der Waals surface area (Å²) in [6.07, 6.45) is 6.92. The predicted octanol–water partition coefficient (Wildman–Crippen LogP) is 8.28. The molecule has 0 nitrogen and oxygen atoms in total. The van der Waals surface area contributed by atoms with Crippen molar-refractivity contribution in [3.05, 3.63) is 132 Å². The van der Waals surface area contributed by atoms with Crippen LogP contribution < -0.4 is 0 Å². The summed E-state index contributed by atoms with van der Waals surface area (Å²) in [5, 5.41) is 0. The molecule has 5 rings (SSSR count). The lowest BCUT2D eigenvalue weighted by atomic mass is 9.89. The first-order valence-corrected chi connectivity index (χ1v) is 10.6. The number of benzene rings is 4. The molecule has 0 heteroatoms. The van der Waals surface area contributed by atoms with Crippen molar-refractivity contribution >= 4 is 11.1 Å². The second-order valence-corrected chi connectivity index (χ2v) is 7.76. The van der Waals surface area contributed by atoms with Crippen LogP contribution in [0.15, 0.2) is 121 Å². The molecule has 0 aromatic heterocycles. The van der Waals surface area contributed by atoms with Gasteiger partial charge in [0.2, 0.25) is 0 Å². The van der Waals surface area contributed by atoms with Gasteiger partial charge in [0.1, 0.15) is 0 Å². The summed E-state index contributed by atoms with van der Waals surface area (Å²) in [5.41, 5.74) is 10.4. The molecule has 30 heavy (non-hydrogen) atoms. The van der Waals surface area contributed by atoms with Gasteiger partial charge in [0.15, 0.2) is 0 Å². The van der Waals surface area contributed by atoms with Gasteiger partial charge in [0.05, 0.1) is 0 Å². The third kappa shape index (κ3) is 3.90. The molecule has 0 radical (unpaired) electrons. The Hall–Kier alpha value is -3.64. The van der Waals surface area contributed by atoms with Gasteiger partial charge in [-0.25, -0.2) is 0 Å². The average molecular weight is 385 g/mol. The average Bonchev–Trinajstić information content (AvgIpc) is 2.85. The summed E-state index contributed by atoms with van der Waals surface area (Å²) in [4.78, 5) is 0. The summed E-state index contributed by atoms with van der Waals surface area (Å²) in [6.45, 7) is 0. The normalized spacial score (nSPS) is 13.5. The summed E-state index contributed by atoms with van der Waals surface area (Å²) >= 11 is 0. The first-order valence-electron chi connectivity index (χ1n) is 10.6. The maximum absolute atomic E-state index is 2.37. The Balaban J connectivity index is 1.48. The van der Waals surface area contributed by atoms with Gasteiger partial charge in [-0.15, -0.1) is 0 Å². The van der Waals surface area contributed by atoms with Gasteiger partial charge < -0.3 is 0 Å². The van der Waals surface area contributed by atoms with E-state index in [4.69, 9.17) is 0 Å². The van der Waals surface area contributed by atoms with Gasteiger partial charge in [-0.05, 0) is 69.5 Å². The van der Waals surface area contributed by atoms with Gasteiger partial charge in [-0.3, -0.25) is 0 Å². The molecule has 0 spiro atoms. The zero-order chi connectivity index (χ0) is 20.2. The van der Waals surface area contributed by atoms with E-state index < -0.39 is 0 Å². The Bertz CT molecular complexity index is 1210. The maximum Gasteiger partial charge on any atom is -0.0178 e. The Morgan fingerprint density at radius 2 is 0.933 bits per heavy atom. The first kappa shape index (κ1) is 18.4. The Morgan fingerprint density at radius 3 is 1.60 bits per heavy atom. The van der Waals surface area contributed by atoms with Crippen molar-refractivity contribution < 1.29 is 0 Å². The molecule has 0 saturated heterocycles. The fourth-order valence-electron chi connectivity index (χ4n) is 4.17. The minimum absolute atomic E-state index is 1.09. The van der Waals surface area contributed by atoms with Gasteiger partial charge in [-0.2, -0.15) is 0 Å². The molecular formula is C30H24. The monoisotopic (exact) mass is 384 g/mol. The highest BCUT2D eigenvalue weighted by Gasteiger charge is 2.10. The lowest BCUT2D eigenvalue weighted by Crippen LogP contribution is -1.93. The third-order valence-electron chi connectivity index (χ3n) is 5.75. The van der Waals surface area contributed by atoms with Crippen LogP contribution in [0.4, 0.5) is 0 Å². The molecule has 4 aromatic rings. The van der Waals surface area contributed by atoms with E-state index in [1.807, 2.05) is 0 Å². The van der Waals surface area contributed by atoms with Gasteiger partial charge in [-0.1, -0.05) is 109 Å². The van der Waals surface area contributed by atoms with Crippen LogP contribution in [0.1, 0.15) is 24.0 Å². The zero-order valence-corrected chi connectivity index (χ0v) is 17.0. The second kappa shape index (κ2) is 8.39. The fraction of sp³-hybridized carbons (Fsp3) is 0.0667. The quantitative estimate of drug-likeness (QED) is 0.332. The van der Waals surface area contributed by atoms with Gasteiger partial charge in [0.25, 0.3) is 0 Å². The highest BCUT2D eigenvalue weighted by Crippen LogP contribution is 2.33. The number of hydrogen-bond donors (Lipinski definition) is 0. The molecule has 0 heterocycles. The molecule has 0 unspecified atom stereocenters. The van der Waals surface area contributed by atoms with E-state index in [0.29, 0.717) is 0 Å². The van der Waals surface area contributed by atoms with E-state index in [9.17, 15) is 0 Å². The van der Waals surface area contributed by atoms with Crippen LogP contribution in [0.2, 0.25) is 0 Å². The van der Waals surface area contributed by atoms with Crippen LogP contribution in [0, 0.1) is 0 Å². The van der Waals surface area contributed by atoms with Crippen molar-refractivity contribution in [3.8, 4) is 22.3 Å². The summed E-state index contributed by atoms with van der Waals surface area (Å²) in [7, 11) is 0. The van der Waals surface area contributed by atoms with E-state index in [1.165, 1.54) is 44.5 Å². The topological polar surface area (TPSA) is 0 Å². The van der Waals surface area contributed by atoms with Crippen LogP contribution in [-0.4, -0.2) is 0 Å². The molecule has 0 N–H and O–H groups in total. The predicted molar refractivity (Wildman–Crippen MR) is 129 cm³/mol. The van der Waals surface area contributed by atoms with Crippen molar-refractivity contribution in [2.75, 3.05) is 0 Å². The van der Waals surface area contributed by atoms with Crippen molar-refractivity contribution in [3.63, 3.8) is 0 Å². The summed E-state index contributed by atoms with van der Waals surface area (Å²) in [6, 6.07) is 39.1. The molecule has 1 aliphatic rings. The molecule has 0 saturated carbocycles. The molecule has 0 bridgehead atoms. The van der Waals surface area contributed by atoms with Crippen molar-refractivity contribution in [2.24, 2.45) is 0 Å². The van der Waals surface area contributed by atoms with E-state index >= 15 is 0 Å². The minimum atomic E-state index is 1.09. The largest absolute Gasteiger partial charge is 0.0763 e. The molecule has 0 atom stereocenters. The summed E-state index contributed by atoms with van der Waals surface area (Å²) < 4.78 is 0. The Kier molecular flexibility index (Phi) is 5.14. The van der Waals surface area contributed by atoms with E-state index in [-0.39, 0.29) is 0 Å². The molecule has 0 fully saturated rings. The van der Waals surface area contributed by atoms with Crippen LogP contribution in [-0.2, 0) is 0 Å². The molecule has 144 valence electrons. The maximum atomic E-state index is 2.37. The van der Waals surface area contributed by atoms with Crippen molar-refractivity contribution in [1.82, 2.24) is 0 Å². The third-order valence-corrected chi connectivity index (χ3v) is 5.75. The first-order chi connectivity index (χ1) is 14.9. The fourth-order valence-corrected chi connectivity index (χ4v) is 4.17. The molecule has 1 aliphatic carbocycles. The van der Waals surface area contributed by atoms with Crippen LogP contribution in [0.3, 0.4) is 0 Å². The Morgan fingerprint density at radius 1 is 0.433 bits per heavy atom. The highest BCUT2D eigenvalue weighted by atomic mass is 14.1. The van der Waals surface area contributed by atoms with Gasteiger partial charge >= 0.3 is 0 Å². The SMILES string of the molecule is C1=C(c2cccc(-c3cccc(-c4ccccc4)c3)c2)C=C(c2ccccc2)CC1. The smallest absolute Gasteiger partial charge is 0.0178 e. The van der Waals surface area contributed by atoms with Gasteiger partial charge in [0, 0.05) is 0 Å². The van der Waals surface area contributed by atoms with Crippen molar-refractivity contribution in [1.29, 1.82) is 0 Å². The van der Waals surface area contributed by atoms with E-state index in [1.54, 1.807) is 0 Å². The summed E-state index contributed by atoms with van der Waals surface area (Å²) in [5.74, 6) is 0. The lowest BCUT2D eigenvalue weighted by Gasteiger charge is -2.15. The van der Waals surface area contributed by atoms with E-state index in [0.717, 1.165) is 12.8 Å². The van der Waals surface area contributed by atoms with Crippen LogP contribution >= 0.6 is 0 Å². The lowest BCUT2D eigenvalue weighted by molar-refractivity contribution is 1.06. The molecule has 4 aromatic carbocycles. The minimum Gasteiger partial charge on any atom is -0.0763 e.